The summed E-state index contributed by atoms with van der Waals surface area (Å²) in [4.78, 5) is 24.8. The molecule has 1 N–H and O–H groups in total. The predicted octanol–water partition coefficient (Wildman–Crippen LogP) is 7.04. The van der Waals surface area contributed by atoms with Crippen LogP contribution in [0.5, 0.6) is 5.75 Å². The minimum atomic E-state index is -0.601. The SMILES string of the molecule is C[C@H]1COCCN1c1cc(C2(Sc3ccc(F)cc3F)CC2)nc(-c2ccc(NC(=O)Oc3ccccc3)cc2)n1. The Hall–Kier alpha value is -4.02. The standard InChI is InChI=1S/C31H28F2N4O3S/c1-20-19-39-16-15-37(20)28-18-27(31(13-14-31)41-26-12-9-22(32)17-25(26)33)35-29(36-28)21-7-10-23(11-8-21)34-30(38)40-24-5-3-2-4-6-24/h2-12,17-18,20H,13-16,19H2,1H3,(H,34,38)/t20-/m0/s1. The van der Waals surface area contributed by atoms with Crippen molar-refractivity contribution in [1.82, 2.24) is 9.97 Å². The van der Waals surface area contributed by atoms with Gasteiger partial charge in [0.2, 0.25) is 0 Å². The normalized spacial score (nSPS) is 17.6. The minimum Gasteiger partial charge on any atom is -0.410 e. The molecule has 1 saturated carbocycles. The van der Waals surface area contributed by atoms with Gasteiger partial charge in [-0.15, -0.1) is 11.8 Å². The van der Waals surface area contributed by atoms with Gasteiger partial charge in [0.05, 0.1) is 29.7 Å². The fraction of sp³-hybridized carbons (Fsp3) is 0.258. The molecule has 1 aliphatic carbocycles. The average molecular weight is 575 g/mol. The number of nitrogens with one attached hydrogen (secondary N) is 1. The number of benzene rings is 3. The Labute approximate surface area is 240 Å². The highest BCUT2D eigenvalue weighted by atomic mass is 32.2. The fourth-order valence-electron chi connectivity index (χ4n) is 4.75. The van der Waals surface area contributed by atoms with E-state index in [4.69, 9.17) is 19.4 Å². The van der Waals surface area contributed by atoms with E-state index in [0.29, 0.717) is 41.9 Å². The van der Waals surface area contributed by atoms with Gasteiger partial charge in [-0.2, -0.15) is 0 Å². The van der Waals surface area contributed by atoms with Crippen LogP contribution in [0.2, 0.25) is 0 Å². The lowest BCUT2D eigenvalue weighted by Crippen LogP contribution is -2.44. The number of rotatable bonds is 7. The van der Waals surface area contributed by atoms with Crippen LogP contribution in [0.25, 0.3) is 11.4 Å². The summed E-state index contributed by atoms with van der Waals surface area (Å²) in [5, 5.41) is 2.73. The van der Waals surface area contributed by atoms with Gasteiger partial charge in [-0.05, 0) is 68.3 Å². The number of carbonyl (C=O) groups is 1. The Morgan fingerprint density at radius 1 is 1.05 bits per heavy atom. The van der Waals surface area contributed by atoms with Crippen LogP contribution in [-0.2, 0) is 9.48 Å². The summed E-state index contributed by atoms with van der Waals surface area (Å²) >= 11 is 1.38. The number of morpholine rings is 1. The van der Waals surface area contributed by atoms with Crippen LogP contribution in [0.3, 0.4) is 0 Å². The first-order valence-corrected chi connectivity index (χ1v) is 14.2. The number of thioether (sulfide) groups is 1. The van der Waals surface area contributed by atoms with Crippen LogP contribution in [0, 0.1) is 11.6 Å². The molecule has 2 aliphatic rings. The smallest absolute Gasteiger partial charge is 0.410 e. The van der Waals surface area contributed by atoms with Crippen molar-refractivity contribution in [2.24, 2.45) is 0 Å². The molecule has 0 spiro atoms. The number of aromatic nitrogens is 2. The number of carbonyl (C=O) groups excluding carboxylic acids is 1. The molecule has 10 heteroatoms. The number of halogens is 2. The quantitative estimate of drug-likeness (QED) is 0.254. The summed E-state index contributed by atoms with van der Waals surface area (Å²) in [6.07, 6.45) is 1.04. The number of nitrogens with zero attached hydrogens (tertiary/aromatic N) is 3. The van der Waals surface area contributed by atoms with Crippen molar-refractivity contribution < 1.29 is 23.0 Å². The highest BCUT2D eigenvalue weighted by Gasteiger charge is 2.48. The molecule has 41 heavy (non-hydrogen) atoms. The first-order chi connectivity index (χ1) is 19.9. The lowest BCUT2D eigenvalue weighted by Gasteiger charge is -2.34. The van der Waals surface area contributed by atoms with Gasteiger partial charge in [0.25, 0.3) is 0 Å². The Morgan fingerprint density at radius 2 is 1.83 bits per heavy atom. The van der Waals surface area contributed by atoms with E-state index in [1.807, 2.05) is 24.3 Å². The van der Waals surface area contributed by atoms with Gasteiger partial charge in [0.15, 0.2) is 5.82 Å². The molecular formula is C31H28F2N4O3S. The molecule has 2 heterocycles. The summed E-state index contributed by atoms with van der Waals surface area (Å²) in [5.41, 5.74) is 2.14. The third-order valence-corrected chi connectivity index (χ3v) is 8.65. The maximum absolute atomic E-state index is 14.6. The molecule has 0 unspecified atom stereocenters. The summed E-state index contributed by atoms with van der Waals surface area (Å²) in [7, 11) is 0. The van der Waals surface area contributed by atoms with E-state index in [1.54, 1.807) is 36.4 Å². The molecule has 0 radical (unpaired) electrons. The second kappa shape index (κ2) is 11.5. The van der Waals surface area contributed by atoms with Crippen LogP contribution in [-0.4, -0.2) is 41.9 Å². The second-order valence-corrected chi connectivity index (χ2v) is 11.6. The topological polar surface area (TPSA) is 76.6 Å². The zero-order valence-corrected chi connectivity index (χ0v) is 23.2. The van der Waals surface area contributed by atoms with E-state index in [0.717, 1.165) is 36.0 Å². The van der Waals surface area contributed by atoms with Crippen LogP contribution in [0.4, 0.5) is 25.1 Å². The molecule has 210 valence electrons. The number of hydrogen-bond acceptors (Lipinski definition) is 7. The zero-order valence-electron chi connectivity index (χ0n) is 22.3. The largest absolute Gasteiger partial charge is 0.417 e. The third kappa shape index (κ3) is 6.18. The van der Waals surface area contributed by atoms with Gasteiger partial charge in [0.1, 0.15) is 23.2 Å². The van der Waals surface area contributed by atoms with E-state index in [-0.39, 0.29) is 6.04 Å². The Kier molecular flexibility index (Phi) is 7.59. The molecular weight excluding hydrogens is 546 g/mol. The minimum absolute atomic E-state index is 0.124. The van der Waals surface area contributed by atoms with E-state index < -0.39 is 22.5 Å². The van der Waals surface area contributed by atoms with E-state index in [2.05, 4.69) is 17.1 Å². The molecule has 7 nitrogen and oxygen atoms in total. The van der Waals surface area contributed by atoms with Crippen LogP contribution in [0.1, 0.15) is 25.5 Å². The predicted molar refractivity (Wildman–Crippen MR) is 154 cm³/mol. The van der Waals surface area contributed by atoms with Crippen molar-refractivity contribution in [3.63, 3.8) is 0 Å². The van der Waals surface area contributed by atoms with Crippen LogP contribution < -0.4 is 15.0 Å². The van der Waals surface area contributed by atoms with E-state index >= 15 is 0 Å². The molecule has 1 saturated heterocycles. The summed E-state index contributed by atoms with van der Waals surface area (Å²) in [5.74, 6) is 0.577. The summed E-state index contributed by atoms with van der Waals surface area (Å²) in [6, 6.07) is 21.8. The van der Waals surface area contributed by atoms with Crippen molar-refractivity contribution in [3.8, 4) is 17.1 Å². The Bertz CT molecular complexity index is 1550. The van der Waals surface area contributed by atoms with Gasteiger partial charge in [0, 0.05) is 34.8 Å². The van der Waals surface area contributed by atoms with Gasteiger partial charge >= 0.3 is 6.09 Å². The summed E-state index contributed by atoms with van der Waals surface area (Å²) < 4.78 is 38.6. The van der Waals surface area contributed by atoms with Crippen molar-refractivity contribution in [3.05, 3.63) is 96.2 Å². The maximum atomic E-state index is 14.6. The Balaban J connectivity index is 1.29. The molecule has 0 bridgehead atoms. The highest BCUT2D eigenvalue weighted by molar-refractivity contribution is 8.00. The second-order valence-electron chi connectivity index (χ2n) is 10.1. The van der Waals surface area contributed by atoms with Crippen molar-refractivity contribution >= 4 is 29.4 Å². The van der Waals surface area contributed by atoms with Crippen molar-refractivity contribution in [2.45, 2.75) is 35.4 Å². The van der Waals surface area contributed by atoms with Crippen LogP contribution in [0.15, 0.2) is 83.8 Å². The zero-order chi connectivity index (χ0) is 28.4. The first kappa shape index (κ1) is 27.2. The van der Waals surface area contributed by atoms with Crippen molar-refractivity contribution in [1.29, 1.82) is 0 Å². The molecule has 3 aromatic carbocycles. The maximum Gasteiger partial charge on any atom is 0.417 e. The third-order valence-electron chi connectivity index (χ3n) is 7.09. The fourth-order valence-corrected chi connectivity index (χ4v) is 5.97. The number of para-hydroxylation sites is 1. The average Bonchev–Trinajstić information content (AvgIpc) is 3.76. The van der Waals surface area contributed by atoms with Gasteiger partial charge in [-0.25, -0.2) is 23.5 Å². The molecule has 6 rings (SSSR count). The Morgan fingerprint density at radius 3 is 2.54 bits per heavy atom. The van der Waals surface area contributed by atoms with E-state index in [1.165, 1.54) is 23.9 Å². The van der Waals surface area contributed by atoms with Crippen molar-refractivity contribution in [2.75, 3.05) is 30.0 Å². The van der Waals surface area contributed by atoms with Crippen LogP contribution >= 0.6 is 11.8 Å². The molecule has 1 atom stereocenters. The van der Waals surface area contributed by atoms with Gasteiger partial charge in [-0.3, -0.25) is 5.32 Å². The number of amides is 1. The molecule has 4 aromatic rings. The van der Waals surface area contributed by atoms with Gasteiger partial charge in [-0.1, -0.05) is 18.2 Å². The monoisotopic (exact) mass is 574 g/mol. The molecule has 1 amide bonds. The lowest BCUT2D eigenvalue weighted by atomic mass is 10.1. The van der Waals surface area contributed by atoms with E-state index in [9.17, 15) is 13.6 Å². The summed E-state index contributed by atoms with van der Waals surface area (Å²) in [6.45, 7) is 3.97. The molecule has 1 aromatic heterocycles. The van der Waals surface area contributed by atoms with Gasteiger partial charge < -0.3 is 14.4 Å². The molecule has 1 aliphatic heterocycles. The number of hydrogen-bond donors (Lipinski definition) is 1. The first-order valence-electron chi connectivity index (χ1n) is 13.4. The highest BCUT2D eigenvalue weighted by Crippen LogP contribution is 2.59. The number of anilines is 2. The number of ether oxygens (including phenoxy) is 2. The lowest BCUT2D eigenvalue weighted by molar-refractivity contribution is 0.0985. The molecule has 2 fully saturated rings.